The van der Waals surface area contributed by atoms with Gasteiger partial charge in [0.2, 0.25) is 5.91 Å². The molecule has 4 rings (SSSR count). The van der Waals surface area contributed by atoms with Crippen LogP contribution in [0.25, 0.3) is 10.2 Å². The van der Waals surface area contributed by atoms with Crippen LogP contribution in [-0.2, 0) is 4.79 Å². The van der Waals surface area contributed by atoms with Gasteiger partial charge in [-0.2, -0.15) is 0 Å². The Hall–Kier alpha value is -3.01. The quantitative estimate of drug-likeness (QED) is 0.664. The number of rotatable bonds is 5. The number of aromatic nitrogens is 1. The van der Waals surface area contributed by atoms with Crippen molar-refractivity contribution in [2.75, 3.05) is 30.4 Å². The van der Waals surface area contributed by atoms with Gasteiger partial charge in [0.05, 0.1) is 23.4 Å². The molecule has 10 heteroatoms. The number of alkyl halides is 3. The Morgan fingerprint density at radius 3 is 2.62 bits per heavy atom. The smallest absolute Gasteiger partial charge is 0.494 e. The Kier molecular flexibility index (Phi) is 4.95. The zero-order valence-electron chi connectivity index (χ0n) is 15.2. The highest BCUT2D eigenvalue weighted by Crippen LogP contribution is 2.37. The van der Waals surface area contributed by atoms with Crippen LogP contribution in [0.2, 0.25) is 0 Å². The maximum atomic E-state index is 12.5. The first-order valence-electron chi connectivity index (χ1n) is 8.68. The largest absolute Gasteiger partial charge is 0.573 e. The van der Waals surface area contributed by atoms with E-state index < -0.39 is 12.1 Å². The van der Waals surface area contributed by atoms with E-state index in [2.05, 4.69) is 15.0 Å². The second-order valence-corrected chi connectivity index (χ2v) is 7.45. The number of carbonyl (C=O) groups excluding carboxylic acids is 1. The molecule has 1 amide bonds. The van der Waals surface area contributed by atoms with Gasteiger partial charge >= 0.3 is 6.36 Å². The van der Waals surface area contributed by atoms with Crippen LogP contribution in [0.3, 0.4) is 0 Å². The van der Waals surface area contributed by atoms with Crippen molar-refractivity contribution in [2.45, 2.75) is 6.36 Å². The highest BCUT2D eigenvalue weighted by Gasteiger charge is 2.36. The molecule has 0 aliphatic carbocycles. The van der Waals surface area contributed by atoms with E-state index in [1.807, 2.05) is 23.1 Å². The lowest BCUT2D eigenvalue weighted by molar-refractivity contribution is -0.274. The van der Waals surface area contributed by atoms with E-state index in [9.17, 15) is 18.0 Å². The summed E-state index contributed by atoms with van der Waals surface area (Å²) in [7, 11) is 1.58. The third-order valence-corrected chi connectivity index (χ3v) is 5.57. The van der Waals surface area contributed by atoms with Crippen LogP contribution >= 0.6 is 11.3 Å². The molecule has 0 bridgehead atoms. The molecule has 2 aromatic carbocycles. The number of benzene rings is 2. The number of amides is 1. The summed E-state index contributed by atoms with van der Waals surface area (Å²) < 4.78 is 47.8. The predicted molar refractivity (Wildman–Crippen MR) is 104 cm³/mol. The number of hydrogen-bond donors (Lipinski definition) is 1. The first-order chi connectivity index (χ1) is 13.8. The van der Waals surface area contributed by atoms with Crippen molar-refractivity contribution in [2.24, 2.45) is 5.92 Å². The van der Waals surface area contributed by atoms with E-state index in [0.29, 0.717) is 18.8 Å². The second-order valence-electron chi connectivity index (χ2n) is 6.44. The van der Waals surface area contributed by atoms with Crippen LogP contribution in [0.4, 0.5) is 24.0 Å². The summed E-state index contributed by atoms with van der Waals surface area (Å²) in [5.74, 6) is -0.482. The van der Waals surface area contributed by atoms with E-state index in [-0.39, 0.29) is 17.5 Å². The van der Waals surface area contributed by atoms with E-state index >= 15 is 0 Å². The molecule has 3 aromatic rings. The van der Waals surface area contributed by atoms with E-state index in [0.717, 1.165) is 21.4 Å². The standard InChI is InChI=1S/C19H16F3N3O3S/c1-27-14-7-4-8-15-16(14)24-18(29-15)25-9-11(10-25)17(26)23-12-5-2-3-6-13(12)28-19(20,21)22/h2-8,11H,9-10H2,1H3,(H,23,26). The highest BCUT2D eigenvalue weighted by atomic mass is 32.1. The fourth-order valence-corrected chi connectivity index (χ4v) is 4.03. The van der Waals surface area contributed by atoms with Gasteiger partial charge in [-0.05, 0) is 24.3 Å². The van der Waals surface area contributed by atoms with E-state index in [1.54, 1.807) is 7.11 Å². The van der Waals surface area contributed by atoms with Crippen LogP contribution in [0.5, 0.6) is 11.5 Å². The van der Waals surface area contributed by atoms with Crippen molar-refractivity contribution in [1.82, 2.24) is 4.98 Å². The Labute approximate surface area is 167 Å². The molecular weight excluding hydrogens is 407 g/mol. The van der Waals surface area contributed by atoms with Crippen LogP contribution in [-0.4, -0.2) is 37.5 Å². The van der Waals surface area contributed by atoms with E-state index in [4.69, 9.17) is 4.74 Å². The van der Waals surface area contributed by atoms with Crippen molar-refractivity contribution in [3.8, 4) is 11.5 Å². The fourth-order valence-electron chi connectivity index (χ4n) is 3.03. The van der Waals surface area contributed by atoms with E-state index in [1.165, 1.54) is 29.5 Å². The molecule has 1 saturated heterocycles. The van der Waals surface area contributed by atoms with Crippen LogP contribution in [0, 0.1) is 5.92 Å². The van der Waals surface area contributed by atoms with Crippen molar-refractivity contribution >= 4 is 38.3 Å². The third kappa shape index (κ3) is 4.07. The zero-order chi connectivity index (χ0) is 20.6. The molecule has 1 fully saturated rings. The number of nitrogens with zero attached hydrogens (tertiary/aromatic N) is 2. The third-order valence-electron chi connectivity index (χ3n) is 4.48. The lowest BCUT2D eigenvalue weighted by Crippen LogP contribution is -2.52. The SMILES string of the molecule is COc1cccc2sc(N3CC(C(=O)Nc4ccccc4OC(F)(F)F)C3)nc12. The molecule has 29 heavy (non-hydrogen) atoms. The molecule has 152 valence electrons. The number of nitrogens with one attached hydrogen (secondary N) is 1. The minimum absolute atomic E-state index is 0.0157. The topological polar surface area (TPSA) is 63.7 Å². The van der Waals surface area contributed by atoms with Gasteiger partial charge in [-0.25, -0.2) is 4.98 Å². The Balaban J connectivity index is 1.41. The first kappa shape index (κ1) is 19.3. The van der Waals surface area contributed by atoms with Gasteiger partial charge in [-0.15, -0.1) is 13.2 Å². The summed E-state index contributed by atoms with van der Waals surface area (Å²) in [6, 6.07) is 11.1. The number of anilines is 2. The van der Waals surface area contributed by atoms with Crippen molar-refractivity contribution in [3.05, 3.63) is 42.5 Å². The first-order valence-corrected chi connectivity index (χ1v) is 9.50. The van der Waals surface area contributed by atoms with Gasteiger partial charge in [-0.3, -0.25) is 4.79 Å². The predicted octanol–water partition coefficient (Wildman–Crippen LogP) is 4.28. The average Bonchev–Trinajstić information content (AvgIpc) is 3.04. The Morgan fingerprint density at radius 1 is 1.17 bits per heavy atom. The van der Waals surface area contributed by atoms with Crippen molar-refractivity contribution < 1.29 is 27.4 Å². The molecule has 2 heterocycles. The van der Waals surface area contributed by atoms with Crippen molar-refractivity contribution in [3.63, 3.8) is 0 Å². The summed E-state index contributed by atoms with van der Waals surface area (Å²) >= 11 is 1.50. The summed E-state index contributed by atoms with van der Waals surface area (Å²) in [5, 5.41) is 3.30. The summed E-state index contributed by atoms with van der Waals surface area (Å²) in [6.07, 6.45) is -4.83. The zero-order valence-corrected chi connectivity index (χ0v) is 16.0. The maximum Gasteiger partial charge on any atom is 0.573 e. The molecule has 1 aliphatic heterocycles. The van der Waals surface area contributed by atoms with Gasteiger partial charge < -0.3 is 19.7 Å². The van der Waals surface area contributed by atoms with Crippen LogP contribution in [0.1, 0.15) is 0 Å². The number of carbonyl (C=O) groups is 1. The molecule has 1 aromatic heterocycles. The number of para-hydroxylation sites is 3. The maximum absolute atomic E-state index is 12.5. The lowest BCUT2D eigenvalue weighted by Gasteiger charge is -2.38. The monoisotopic (exact) mass is 423 g/mol. The molecule has 0 radical (unpaired) electrons. The molecule has 1 N–H and O–H groups in total. The highest BCUT2D eigenvalue weighted by molar-refractivity contribution is 7.22. The minimum atomic E-state index is -4.83. The molecular formula is C19H16F3N3O3S. The number of ether oxygens (including phenoxy) is 2. The molecule has 0 saturated carbocycles. The number of thiazole rings is 1. The van der Waals surface area contributed by atoms with Crippen LogP contribution in [0.15, 0.2) is 42.5 Å². The normalized spacial score (nSPS) is 14.6. The van der Waals surface area contributed by atoms with Gasteiger partial charge in [-0.1, -0.05) is 29.5 Å². The van der Waals surface area contributed by atoms with Gasteiger partial charge in [0.25, 0.3) is 0 Å². The van der Waals surface area contributed by atoms with Gasteiger partial charge in [0.1, 0.15) is 11.3 Å². The van der Waals surface area contributed by atoms with Gasteiger partial charge in [0, 0.05) is 13.1 Å². The summed E-state index contributed by atoms with van der Waals surface area (Å²) in [5.41, 5.74) is 0.749. The van der Waals surface area contributed by atoms with Crippen LogP contribution < -0.4 is 19.7 Å². The molecule has 6 nitrogen and oxygen atoms in total. The summed E-state index contributed by atoms with van der Waals surface area (Å²) in [4.78, 5) is 19.0. The van der Waals surface area contributed by atoms with Crippen molar-refractivity contribution in [1.29, 1.82) is 0 Å². The Bertz CT molecular complexity index is 1050. The number of hydrogen-bond acceptors (Lipinski definition) is 6. The molecule has 0 atom stereocenters. The second kappa shape index (κ2) is 7.43. The van der Waals surface area contributed by atoms with Gasteiger partial charge in [0.15, 0.2) is 10.9 Å². The summed E-state index contributed by atoms with van der Waals surface area (Å²) in [6.45, 7) is 0.854. The molecule has 0 spiro atoms. The Morgan fingerprint density at radius 2 is 1.90 bits per heavy atom. The number of methoxy groups -OCH3 is 1. The number of halogens is 3. The molecule has 0 unspecified atom stereocenters. The lowest BCUT2D eigenvalue weighted by atomic mass is 10.00. The average molecular weight is 423 g/mol. The molecule has 1 aliphatic rings. The minimum Gasteiger partial charge on any atom is -0.494 e. The number of fused-ring (bicyclic) bond motifs is 1. The fraction of sp³-hybridized carbons (Fsp3) is 0.263.